The number of nitrogens with one attached hydrogen (secondary N) is 1. The van der Waals surface area contributed by atoms with Gasteiger partial charge in [-0.15, -0.1) is 10.2 Å². The second kappa shape index (κ2) is 10.7. The van der Waals surface area contributed by atoms with Gasteiger partial charge in [0.1, 0.15) is 11.4 Å². The molecular weight excluding hydrogens is 565 g/mol. The van der Waals surface area contributed by atoms with Gasteiger partial charge in [-0.1, -0.05) is 41.7 Å². The summed E-state index contributed by atoms with van der Waals surface area (Å²) in [5.41, 5.74) is 2.21. The van der Waals surface area contributed by atoms with Gasteiger partial charge in [0.05, 0.1) is 5.69 Å². The zero-order chi connectivity index (χ0) is 28.7. The van der Waals surface area contributed by atoms with E-state index in [-0.39, 0.29) is 5.69 Å². The van der Waals surface area contributed by atoms with E-state index in [1.165, 1.54) is 17.4 Å². The standard InChI is InChI=1S/C28H18F5N5O2S/c29-19-20(30)22(32)25(23(33)21(19)31)40-27(39)18-13-15-12-16(8-9-17(15)34-18)36-37-26-24(14-6-2-1-3-7-14)35-28(41-26)38-10-4-5-11-38/h1-3,6-9,12-13,34H,4-5,10-11H2. The molecule has 6 rings (SSSR count). The van der Waals surface area contributed by atoms with Gasteiger partial charge in [-0.3, -0.25) is 0 Å². The van der Waals surface area contributed by atoms with Crippen LogP contribution in [0.2, 0.25) is 0 Å². The summed E-state index contributed by atoms with van der Waals surface area (Å²) in [6.07, 6.45) is 2.20. The summed E-state index contributed by atoms with van der Waals surface area (Å²) in [5.74, 6) is -14.3. The molecule has 0 unspecified atom stereocenters. The van der Waals surface area contributed by atoms with Crippen molar-refractivity contribution in [3.63, 3.8) is 0 Å². The highest BCUT2D eigenvalue weighted by Gasteiger charge is 2.29. The number of halogens is 5. The molecule has 0 aliphatic carbocycles. The molecule has 0 spiro atoms. The molecule has 0 saturated carbocycles. The van der Waals surface area contributed by atoms with Crippen LogP contribution in [0.4, 0.5) is 37.8 Å². The van der Waals surface area contributed by atoms with Crippen molar-refractivity contribution in [1.29, 1.82) is 0 Å². The smallest absolute Gasteiger partial charge is 0.360 e. The highest BCUT2D eigenvalue weighted by atomic mass is 32.1. The average molecular weight is 584 g/mol. The molecule has 0 bridgehead atoms. The molecular formula is C28H18F5N5O2S. The molecule has 3 heterocycles. The first-order chi connectivity index (χ1) is 19.8. The summed E-state index contributed by atoms with van der Waals surface area (Å²) in [4.78, 5) is 22.2. The van der Waals surface area contributed by atoms with Crippen LogP contribution in [-0.2, 0) is 0 Å². The van der Waals surface area contributed by atoms with Crippen LogP contribution in [0.1, 0.15) is 23.3 Å². The van der Waals surface area contributed by atoms with E-state index in [4.69, 9.17) is 4.98 Å². The van der Waals surface area contributed by atoms with Crippen LogP contribution in [0, 0.1) is 29.1 Å². The maximum Gasteiger partial charge on any atom is 0.360 e. The second-order valence-electron chi connectivity index (χ2n) is 9.15. The molecule has 0 radical (unpaired) electrons. The van der Waals surface area contributed by atoms with Crippen molar-refractivity contribution >= 4 is 44.0 Å². The van der Waals surface area contributed by atoms with Crippen LogP contribution in [0.15, 0.2) is 64.8 Å². The van der Waals surface area contributed by atoms with E-state index >= 15 is 0 Å². The topological polar surface area (TPSA) is 82.9 Å². The highest BCUT2D eigenvalue weighted by Crippen LogP contribution is 2.41. The van der Waals surface area contributed by atoms with Crippen LogP contribution in [0.3, 0.4) is 0 Å². The fraction of sp³-hybridized carbons (Fsp3) is 0.143. The summed E-state index contributed by atoms with van der Waals surface area (Å²) < 4.78 is 72.7. The molecule has 41 heavy (non-hydrogen) atoms. The number of aromatic nitrogens is 2. The number of esters is 1. The third kappa shape index (κ3) is 5.04. The molecule has 3 aromatic carbocycles. The first kappa shape index (κ1) is 26.6. The zero-order valence-corrected chi connectivity index (χ0v) is 21.7. The Morgan fingerprint density at radius 2 is 1.56 bits per heavy atom. The van der Waals surface area contributed by atoms with E-state index < -0.39 is 40.8 Å². The van der Waals surface area contributed by atoms with E-state index in [0.717, 1.165) is 36.6 Å². The molecule has 1 saturated heterocycles. The molecule has 0 atom stereocenters. The molecule has 1 N–H and O–H groups in total. The van der Waals surface area contributed by atoms with Crippen LogP contribution in [-0.4, -0.2) is 29.0 Å². The summed E-state index contributed by atoms with van der Waals surface area (Å²) in [6.45, 7) is 1.86. The lowest BCUT2D eigenvalue weighted by Gasteiger charge is -2.11. The Balaban J connectivity index is 1.27. The Labute approximate surface area is 232 Å². The Morgan fingerprint density at radius 3 is 2.27 bits per heavy atom. The van der Waals surface area contributed by atoms with Crippen molar-refractivity contribution in [2.24, 2.45) is 10.2 Å². The normalized spacial score (nSPS) is 13.5. The number of nitrogens with zero attached hydrogens (tertiary/aromatic N) is 4. The Kier molecular flexibility index (Phi) is 6.95. The number of hydrogen-bond acceptors (Lipinski definition) is 7. The quantitative estimate of drug-likeness (QED) is 0.0545. The summed E-state index contributed by atoms with van der Waals surface area (Å²) in [5, 5.41) is 10.8. The molecule has 13 heteroatoms. The highest BCUT2D eigenvalue weighted by molar-refractivity contribution is 7.19. The fourth-order valence-electron chi connectivity index (χ4n) is 4.41. The number of carbonyl (C=O) groups excluding carboxylic acids is 1. The van der Waals surface area contributed by atoms with Gasteiger partial charge in [0.25, 0.3) is 0 Å². The summed E-state index contributed by atoms with van der Waals surface area (Å²) in [6, 6.07) is 15.8. The number of rotatable bonds is 6. The Morgan fingerprint density at radius 1 is 0.878 bits per heavy atom. The molecule has 1 aliphatic rings. The molecule has 1 fully saturated rings. The molecule has 5 aromatic rings. The third-order valence-electron chi connectivity index (χ3n) is 6.47. The maximum absolute atomic E-state index is 13.9. The minimum atomic E-state index is -2.35. The number of anilines is 1. The second-order valence-corrected chi connectivity index (χ2v) is 10.1. The molecule has 0 amide bonds. The number of azo groups is 1. The Hall–Kier alpha value is -4.65. The largest absolute Gasteiger partial charge is 0.415 e. The SMILES string of the molecule is O=C(Oc1c(F)c(F)c(F)c(F)c1F)c1cc2cc(N=Nc3sc(N4CCCC4)nc3-c3ccccc3)ccc2[nH]1. The number of aromatic amines is 1. The molecule has 7 nitrogen and oxygen atoms in total. The van der Waals surface area contributed by atoms with E-state index in [2.05, 4.69) is 24.8 Å². The predicted molar refractivity (Wildman–Crippen MR) is 143 cm³/mol. The van der Waals surface area contributed by atoms with Crippen LogP contribution >= 0.6 is 11.3 Å². The lowest BCUT2D eigenvalue weighted by atomic mass is 10.2. The van der Waals surface area contributed by atoms with Crippen LogP contribution in [0.25, 0.3) is 22.2 Å². The van der Waals surface area contributed by atoms with Crippen molar-refractivity contribution in [3.8, 4) is 17.0 Å². The number of hydrogen-bond donors (Lipinski definition) is 1. The van der Waals surface area contributed by atoms with Crippen LogP contribution < -0.4 is 9.64 Å². The number of carbonyl (C=O) groups is 1. The van der Waals surface area contributed by atoms with Gasteiger partial charge in [-0.25, -0.2) is 22.9 Å². The van der Waals surface area contributed by atoms with E-state index in [1.807, 2.05) is 30.3 Å². The van der Waals surface area contributed by atoms with Gasteiger partial charge in [0.2, 0.25) is 34.8 Å². The van der Waals surface area contributed by atoms with Crippen LogP contribution in [0.5, 0.6) is 5.75 Å². The minimum absolute atomic E-state index is 0.276. The minimum Gasteiger partial charge on any atom is -0.415 e. The van der Waals surface area contributed by atoms with Gasteiger partial charge in [0, 0.05) is 29.6 Å². The number of ether oxygens (including phenoxy) is 1. The van der Waals surface area contributed by atoms with Crippen molar-refractivity contribution in [1.82, 2.24) is 9.97 Å². The van der Waals surface area contributed by atoms with Gasteiger partial charge in [-0.05, 0) is 37.1 Å². The van der Waals surface area contributed by atoms with E-state index in [9.17, 15) is 26.7 Å². The lowest BCUT2D eigenvalue weighted by Crippen LogP contribution is -2.17. The molecule has 2 aromatic heterocycles. The van der Waals surface area contributed by atoms with E-state index in [0.29, 0.717) is 27.3 Å². The average Bonchev–Trinajstić information content (AvgIpc) is 3.76. The predicted octanol–water partition coefficient (Wildman–Crippen LogP) is 8.22. The summed E-state index contributed by atoms with van der Waals surface area (Å²) >= 11 is 1.44. The summed E-state index contributed by atoms with van der Waals surface area (Å²) in [7, 11) is 0. The van der Waals surface area contributed by atoms with Crippen molar-refractivity contribution in [3.05, 3.63) is 89.4 Å². The van der Waals surface area contributed by atoms with Gasteiger partial charge in [0.15, 0.2) is 10.1 Å². The zero-order valence-electron chi connectivity index (χ0n) is 20.9. The maximum atomic E-state index is 13.9. The van der Waals surface area contributed by atoms with Gasteiger partial charge < -0.3 is 14.6 Å². The Bertz CT molecular complexity index is 1790. The first-order valence-electron chi connectivity index (χ1n) is 12.4. The van der Waals surface area contributed by atoms with Gasteiger partial charge >= 0.3 is 5.97 Å². The number of thiazole rings is 1. The van der Waals surface area contributed by atoms with Crippen molar-refractivity contribution < 1.29 is 31.5 Å². The number of fused-ring (bicyclic) bond motifs is 1. The lowest BCUT2D eigenvalue weighted by molar-refractivity contribution is 0.0711. The molecule has 208 valence electrons. The molecule has 1 aliphatic heterocycles. The fourth-order valence-corrected chi connectivity index (χ4v) is 5.38. The number of H-pyrrole nitrogens is 1. The third-order valence-corrected chi connectivity index (χ3v) is 7.47. The van der Waals surface area contributed by atoms with Crippen molar-refractivity contribution in [2.75, 3.05) is 18.0 Å². The number of benzene rings is 3. The first-order valence-corrected chi connectivity index (χ1v) is 13.2. The van der Waals surface area contributed by atoms with E-state index in [1.54, 1.807) is 18.2 Å². The van der Waals surface area contributed by atoms with Gasteiger partial charge in [-0.2, -0.15) is 8.78 Å². The van der Waals surface area contributed by atoms with Crippen molar-refractivity contribution in [2.45, 2.75) is 12.8 Å². The monoisotopic (exact) mass is 583 g/mol.